The Morgan fingerprint density at radius 3 is 2.37 bits per heavy atom. The number of para-hydroxylation sites is 2. The van der Waals surface area contributed by atoms with Crippen LogP contribution < -0.4 is 14.8 Å². The van der Waals surface area contributed by atoms with Gasteiger partial charge < -0.3 is 19.7 Å². The van der Waals surface area contributed by atoms with E-state index < -0.39 is 0 Å². The minimum atomic E-state index is 0.578. The molecule has 0 amide bonds. The number of thiocarbonyl (C=S) groups is 1. The molecule has 0 aliphatic heterocycles. The standard InChI is InChI=1S/C24H25ClN2O2S/c1-3-29-23-11-7-6-10-22(23)26-24(30)27(17-19-8-4-5-9-21(19)25)16-18-12-14-20(28-2)15-13-18/h4-15H,3,16-17H2,1-2H3,(H,26,30). The lowest BCUT2D eigenvalue weighted by molar-refractivity contribution is 0.342. The third-order valence-electron chi connectivity index (χ3n) is 4.57. The van der Waals surface area contributed by atoms with Gasteiger partial charge in [-0.15, -0.1) is 0 Å². The molecule has 3 aromatic rings. The van der Waals surface area contributed by atoms with Crippen LogP contribution in [0.15, 0.2) is 72.8 Å². The Kier molecular flexibility index (Phi) is 7.94. The Hall–Kier alpha value is -2.76. The molecule has 0 aromatic heterocycles. The first-order valence-corrected chi connectivity index (χ1v) is 10.5. The average molecular weight is 441 g/mol. The third-order valence-corrected chi connectivity index (χ3v) is 5.30. The fourth-order valence-electron chi connectivity index (χ4n) is 3.03. The van der Waals surface area contributed by atoms with Gasteiger partial charge in [-0.25, -0.2) is 0 Å². The van der Waals surface area contributed by atoms with Crippen LogP contribution in [0.4, 0.5) is 5.69 Å². The minimum absolute atomic E-state index is 0.578. The minimum Gasteiger partial charge on any atom is -0.497 e. The van der Waals surface area contributed by atoms with Crippen molar-refractivity contribution in [2.24, 2.45) is 0 Å². The molecular weight excluding hydrogens is 416 g/mol. The summed E-state index contributed by atoms with van der Waals surface area (Å²) in [5, 5.41) is 4.66. The number of methoxy groups -OCH3 is 1. The highest BCUT2D eigenvalue weighted by Gasteiger charge is 2.15. The normalized spacial score (nSPS) is 10.4. The van der Waals surface area contributed by atoms with Crippen molar-refractivity contribution in [1.29, 1.82) is 0 Å². The maximum atomic E-state index is 6.42. The summed E-state index contributed by atoms with van der Waals surface area (Å²) in [5.74, 6) is 1.59. The van der Waals surface area contributed by atoms with Gasteiger partial charge in [0.2, 0.25) is 0 Å². The summed E-state index contributed by atoms with van der Waals surface area (Å²) < 4.78 is 11.0. The van der Waals surface area contributed by atoms with E-state index in [0.29, 0.717) is 24.8 Å². The van der Waals surface area contributed by atoms with Crippen molar-refractivity contribution in [1.82, 2.24) is 4.90 Å². The largest absolute Gasteiger partial charge is 0.497 e. The van der Waals surface area contributed by atoms with Crippen LogP contribution in [0.5, 0.6) is 11.5 Å². The first-order valence-electron chi connectivity index (χ1n) is 9.74. The lowest BCUT2D eigenvalue weighted by Gasteiger charge is -2.27. The van der Waals surface area contributed by atoms with Crippen LogP contribution in [0.25, 0.3) is 0 Å². The molecule has 0 heterocycles. The van der Waals surface area contributed by atoms with E-state index in [2.05, 4.69) is 10.2 Å². The Labute approximate surface area is 188 Å². The van der Waals surface area contributed by atoms with E-state index in [1.165, 1.54) is 0 Å². The van der Waals surface area contributed by atoms with E-state index >= 15 is 0 Å². The van der Waals surface area contributed by atoms with Gasteiger partial charge in [-0.3, -0.25) is 0 Å². The molecule has 0 spiro atoms. The molecule has 0 bridgehead atoms. The van der Waals surface area contributed by atoms with Crippen LogP contribution in [0.3, 0.4) is 0 Å². The maximum absolute atomic E-state index is 6.42. The van der Waals surface area contributed by atoms with E-state index in [9.17, 15) is 0 Å². The van der Waals surface area contributed by atoms with Crippen LogP contribution in [0.2, 0.25) is 5.02 Å². The van der Waals surface area contributed by atoms with E-state index in [-0.39, 0.29) is 0 Å². The average Bonchev–Trinajstić information content (AvgIpc) is 2.76. The van der Waals surface area contributed by atoms with Crippen molar-refractivity contribution in [3.63, 3.8) is 0 Å². The molecule has 0 aliphatic rings. The number of nitrogens with one attached hydrogen (secondary N) is 1. The molecule has 3 rings (SSSR count). The van der Waals surface area contributed by atoms with Gasteiger partial charge in [-0.1, -0.05) is 54.1 Å². The number of rotatable bonds is 8. The fourth-order valence-corrected chi connectivity index (χ4v) is 3.46. The topological polar surface area (TPSA) is 33.7 Å². The zero-order chi connectivity index (χ0) is 21.3. The molecule has 0 radical (unpaired) electrons. The zero-order valence-electron chi connectivity index (χ0n) is 17.1. The van der Waals surface area contributed by atoms with E-state index in [1.807, 2.05) is 79.7 Å². The Bertz CT molecular complexity index is 979. The molecule has 1 N–H and O–H groups in total. The monoisotopic (exact) mass is 440 g/mol. The smallest absolute Gasteiger partial charge is 0.174 e. The summed E-state index contributed by atoms with van der Waals surface area (Å²) in [4.78, 5) is 2.08. The Balaban J connectivity index is 1.84. The maximum Gasteiger partial charge on any atom is 0.174 e. The Morgan fingerprint density at radius 2 is 1.67 bits per heavy atom. The van der Waals surface area contributed by atoms with Crippen molar-refractivity contribution in [3.8, 4) is 11.5 Å². The molecule has 0 fully saturated rings. The molecule has 0 atom stereocenters. The highest BCUT2D eigenvalue weighted by molar-refractivity contribution is 7.80. The van der Waals surface area contributed by atoms with Crippen molar-refractivity contribution in [2.75, 3.05) is 19.0 Å². The highest BCUT2D eigenvalue weighted by Crippen LogP contribution is 2.25. The third kappa shape index (κ3) is 5.88. The predicted molar refractivity (Wildman–Crippen MR) is 128 cm³/mol. The first kappa shape index (κ1) is 21.9. The summed E-state index contributed by atoms with van der Waals surface area (Å²) in [7, 11) is 1.66. The van der Waals surface area contributed by atoms with E-state index in [0.717, 1.165) is 33.3 Å². The number of hydrogen-bond donors (Lipinski definition) is 1. The van der Waals surface area contributed by atoms with Gasteiger partial charge in [0, 0.05) is 18.1 Å². The van der Waals surface area contributed by atoms with Gasteiger partial charge in [0.15, 0.2) is 5.11 Å². The number of benzene rings is 3. The van der Waals surface area contributed by atoms with Crippen LogP contribution >= 0.6 is 23.8 Å². The predicted octanol–water partition coefficient (Wildman–Crippen LogP) is 6.15. The molecule has 3 aromatic carbocycles. The van der Waals surface area contributed by atoms with Gasteiger partial charge in [0.1, 0.15) is 11.5 Å². The van der Waals surface area contributed by atoms with Crippen LogP contribution in [0.1, 0.15) is 18.1 Å². The second-order valence-electron chi connectivity index (χ2n) is 6.65. The number of ether oxygens (including phenoxy) is 2. The molecular formula is C24H25ClN2O2S. The van der Waals surface area contributed by atoms with Crippen LogP contribution in [0, 0.1) is 0 Å². The molecule has 30 heavy (non-hydrogen) atoms. The summed E-state index contributed by atoms with van der Waals surface area (Å²) in [5.41, 5.74) is 2.96. The molecule has 4 nitrogen and oxygen atoms in total. The lowest BCUT2D eigenvalue weighted by Crippen LogP contribution is -2.34. The molecule has 6 heteroatoms. The molecule has 0 saturated carbocycles. The van der Waals surface area contributed by atoms with Crippen molar-refractivity contribution >= 4 is 34.6 Å². The summed E-state index contributed by atoms with van der Waals surface area (Å²) in [6.07, 6.45) is 0. The van der Waals surface area contributed by atoms with Gasteiger partial charge in [0.05, 0.1) is 19.4 Å². The zero-order valence-corrected chi connectivity index (χ0v) is 18.7. The van der Waals surface area contributed by atoms with Gasteiger partial charge in [0.25, 0.3) is 0 Å². The van der Waals surface area contributed by atoms with Crippen molar-refractivity contribution in [3.05, 3.63) is 88.9 Å². The summed E-state index contributed by atoms with van der Waals surface area (Å²) >= 11 is 12.2. The molecule has 0 unspecified atom stereocenters. The van der Waals surface area contributed by atoms with Gasteiger partial charge >= 0.3 is 0 Å². The highest BCUT2D eigenvalue weighted by atomic mass is 35.5. The van der Waals surface area contributed by atoms with Gasteiger partial charge in [-0.05, 0) is 60.6 Å². The number of halogens is 1. The second kappa shape index (κ2) is 10.9. The summed E-state index contributed by atoms with van der Waals surface area (Å²) in [6.45, 7) is 3.75. The molecule has 156 valence electrons. The van der Waals surface area contributed by atoms with E-state index in [4.69, 9.17) is 33.3 Å². The van der Waals surface area contributed by atoms with Gasteiger partial charge in [-0.2, -0.15) is 0 Å². The summed E-state index contributed by atoms with van der Waals surface area (Å²) in [6, 6.07) is 23.6. The number of anilines is 1. The quantitative estimate of drug-likeness (QED) is 0.425. The number of hydrogen-bond acceptors (Lipinski definition) is 3. The van der Waals surface area contributed by atoms with Crippen molar-refractivity contribution < 1.29 is 9.47 Å². The van der Waals surface area contributed by atoms with Crippen molar-refractivity contribution in [2.45, 2.75) is 20.0 Å². The number of nitrogens with zero attached hydrogens (tertiary/aromatic N) is 1. The van der Waals surface area contributed by atoms with E-state index in [1.54, 1.807) is 7.11 Å². The molecule has 0 aliphatic carbocycles. The fraction of sp³-hybridized carbons (Fsp3) is 0.208. The second-order valence-corrected chi connectivity index (χ2v) is 7.45. The Morgan fingerprint density at radius 1 is 0.967 bits per heavy atom. The van der Waals surface area contributed by atoms with Crippen LogP contribution in [-0.2, 0) is 13.1 Å². The lowest BCUT2D eigenvalue weighted by atomic mass is 10.1. The SMILES string of the molecule is CCOc1ccccc1NC(=S)N(Cc1ccc(OC)cc1)Cc1ccccc1Cl. The molecule has 0 saturated heterocycles. The first-order chi connectivity index (χ1) is 14.6. The van der Waals surface area contributed by atoms with Crippen LogP contribution in [-0.4, -0.2) is 23.7 Å².